The number of hydrogen-bond acceptors (Lipinski definition) is 3. The number of amides is 1. The third-order valence-corrected chi connectivity index (χ3v) is 2.30. The Hall–Kier alpha value is -1.42. The molecule has 1 aliphatic rings. The Balaban J connectivity index is 0.00000112. The van der Waals surface area contributed by atoms with Crippen molar-refractivity contribution < 1.29 is 14.6 Å². The van der Waals surface area contributed by atoms with Crippen LogP contribution in [-0.4, -0.2) is 17.8 Å². The lowest BCUT2D eigenvalue weighted by atomic mass is 10.1. The Morgan fingerprint density at radius 1 is 1.53 bits per heavy atom. The van der Waals surface area contributed by atoms with Gasteiger partial charge in [-0.3, -0.25) is 0 Å². The van der Waals surface area contributed by atoms with Crippen LogP contribution in [0.3, 0.4) is 0 Å². The van der Waals surface area contributed by atoms with Crippen LogP contribution in [0.1, 0.15) is 17.2 Å². The van der Waals surface area contributed by atoms with E-state index in [0.717, 1.165) is 11.1 Å². The summed E-state index contributed by atoms with van der Waals surface area (Å²) >= 11 is 0. The maximum atomic E-state index is 10.8. The molecule has 0 radical (unpaired) electrons. The Kier molecular flexibility index (Phi) is 3.42. The van der Waals surface area contributed by atoms with Crippen molar-refractivity contribution in [2.75, 3.05) is 6.61 Å². The number of alkyl carbamates (subject to hydrolysis) is 1. The van der Waals surface area contributed by atoms with E-state index < -0.39 is 0 Å². The summed E-state index contributed by atoms with van der Waals surface area (Å²) < 4.78 is 4.78. The minimum absolute atomic E-state index is 0. The summed E-state index contributed by atoms with van der Waals surface area (Å²) in [4.78, 5) is 10.8. The van der Waals surface area contributed by atoms with Crippen molar-refractivity contribution in [2.45, 2.75) is 13.0 Å². The normalized spacial score (nSPS) is 19.0. The van der Waals surface area contributed by atoms with Crippen LogP contribution in [0.5, 0.6) is 5.75 Å². The Labute approximate surface area is 93.7 Å². The average molecular weight is 230 g/mol. The number of carbonyl (C=O) groups excluding carboxylic acids is 1. The number of phenolic OH excluding ortho intramolecular Hbond substituents is 1. The number of phenols is 1. The molecule has 1 amide bonds. The highest BCUT2D eigenvalue weighted by molar-refractivity contribution is 5.85. The molecule has 1 aliphatic heterocycles. The first-order valence-electron chi connectivity index (χ1n) is 4.39. The van der Waals surface area contributed by atoms with Crippen molar-refractivity contribution >= 4 is 18.5 Å². The number of benzene rings is 1. The molecule has 1 saturated heterocycles. The summed E-state index contributed by atoms with van der Waals surface area (Å²) in [5.74, 6) is 0.263. The van der Waals surface area contributed by atoms with Gasteiger partial charge in [-0.05, 0) is 24.1 Å². The Morgan fingerprint density at radius 3 is 2.80 bits per heavy atom. The number of nitrogens with one attached hydrogen (secondary N) is 1. The number of aryl methyl sites for hydroxylation is 1. The molecule has 5 heteroatoms. The first-order chi connectivity index (χ1) is 6.66. The topological polar surface area (TPSA) is 58.6 Å². The molecule has 82 valence electrons. The summed E-state index contributed by atoms with van der Waals surface area (Å²) in [6.45, 7) is 2.17. The lowest BCUT2D eigenvalue weighted by molar-refractivity contribution is 0.177. The maximum Gasteiger partial charge on any atom is 0.407 e. The Bertz CT molecular complexity index is 381. The zero-order valence-electron chi connectivity index (χ0n) is 8.19. The highest BCUT2D eigenvalue weighted by Gasteiger charge is 2.23. The monoisotopic (exact) mass is 229 g/mol. The van der Waals surface area contributed by atoms with Gasteiger partial charge in [0.2, 0.25) is 0 Å². The molecule has 1 fully saturated rings. The van der Waals surface area contributed by atoms with Gasteiger partial charge in [0, 0.05) is 0 Å². The number of rotatable bonds is 1. The van der Waals surface area contributed by atoms with E-state index in [1.54, 1.807) is 12.1 Å². The lowest BCUT2D eigenvalue weighted by Crippen LogP contribution is -2.18. The van der Waals surface area contributed by atoms with E-state index >= 15 is 0 Å². The fraction of sp³-hybridized carbons (Fsp3) is 0.300. The first kappa shape index (κ1) is 11.7. The quantitative estimate of drug-likeness (QED) is 0.773. The summed E-state index contributed by atoms with van der Waals surface area (Å²) in [6, 6.07) is 5.15. The summed E-state index contributed by atoms with van der Waals surface area (Å²) in [7, 11) is 0. The van der Waals surface area contributed by atoms with E-state index in [4.69, 9.17) is 4.74 Å². The number of ether oxygens (including phenoxy) is 1. The fourth-order valence-corrected chi connectivity index (χ4v) is 1.46. The minimum atomic E-state index is -0.388. The summed E-state index contributed by atoms with van der Waals surface area (Å²) in [6.07, 6.45) is -0.388. The van der Waals surface area contributed by atoms with E-state index in [1.807, 2.05) is 13.0 Å². The van der Waals surface area contributed by atoms with Crippen LogP contribution < -0.4 is 5.32 Å². The van der Waals surface area contributed by atoms with E-state index in [9.17, 15) is 9.90 Å². The zero-order chi connectivity index (χ0) is 10.1. The van der Waals surface area contributed by atoms with Crippen molar-refractivity contribution in [3.63, 3.8) is 0 Å². The van der Waals surface area contributed by atoms with Crippen LogP contribution in [0, 0.1) is 6.92 Å². The van der Waals surface area contributed by atoms with Crippen molar-refractivity contribution in [3.05, 3.63) is 29.3 Å². The molecule has 1 aromatic rings. The van der Waals surface area contributed by atoms with E-state index in [1.165, 1.54) is 0 Å². The van der Waals surface area contributed by atoms with Gasteiger partial charge in [-0.15, -0.1) is 12.4 Å². The third-order valence-electron chi connectivity index (χ3n) is 2.30. The van der Waals surface area contributed by atoms with E-state index in [0.29, 0.717) is 6.61 Å². The van der Waals surface area contributed by atoms with Gasteiger partial charge in [0.15, 0.2) is 0 Å². The van der Waals surface area contributed by atoms with Crippen LogP contribution in [0.25, 0.3) is 0 Å². The molecule has 1 atom stereocenters. The molecule has 0 spiro atoms. The lowest BCUT2D eigenvalue weighted by Gasteiger charge is -2.08. The van der Waals surface area contributed by atoms with Gasteiger partial charge in [-0.25, -0.2) is 4.79 Å². The molecule has 2 N–H and O–H groups in total. The van der Waals surface area contributed by atoms with Crippen LogP contribution in [0.15, 0.2) is 18.2 Å². The number of hydrogen-bond donors (Lipinski definition) is 2. The molecule has 0 unspecified atom stereocenters. The highest BCUT2D eigenvalue weighted by atomic mass is 35.5. The number of aromatic hydroxyl groups is 1. The predicted octanol–water partition coefficient (Wildman–Crippen LogP) is 1.90. The molecule has 1 aromatic carbocycles. The van der Waals surface area contributed by atoms with Crippen LogP contribution in [0.2, 0.25) is 0 Å². The number of cyclic esters (lactones) is 1. The van der Waals surface area contributed by atoms with Crippen LogP contribution in [0.4, 0.5) is 4.79 Å². The molecule has 0 aromatic heterocycles. The van der Waals surface area contributed by atoms with Crippen molar-refractivity contribution in [1.82, 2.24) is 5.32 Å². The largest absolute Gasteiger partial charge is 0.508 e. The molecule has 4 nitrogen and oxygen atoms in total. The second-order valence-corrected chi connectivity index (χ2v) is 3.34. The van der Waals surface area contributed by atoms with Crippen molar-refractivity contribution in [2.24, 2.45) is 0 Å². The molecule has 2 rings (SSSR count). The van der Waals surface area contributed by atoms with E-state index in [-0.39, 0.29) is 30.3 Å². The molecule has 0 bridgehead atoms. The number of halogens is 1. The molecule has 0 saturated carbocycles. The van der Waals surface area contributed by atoms with Gasteiger partial charge in [0.1, 0.15) is 12.4 Å². The minimum Gasteiger partial charge on any atom is -0.508 e. The second kappa shape index (κ2) is 4.40. The predicted molar refractivity (Wildman–Crippen MR) is 57.3 cm³/mol. The first-order valence-corrected chi connectivity index (χ1v) is 4.39. The van der Waals surface area contributed by atoms with Crippen LogP contribution >= 0.6 is 12.4 Å². The molecular weight excluding hydrogens is 218 g/mol. The van der Waals surface area contributed by atoms with Crippen molar-refractivity contribution in [3.8, 4) is 5.75 Å². The smallest absolute Gasteiger partial charge is 0.407 e. The second-order valence-electron chi connectivity index (χ2n) is 3.34. The van der Waals surface area contributed by atoms with E-state index in [2.05, 4.69) is 5.32 Å². The van der Waals surface area contributed by atoms with Gasteiger partial charge < -0.3 is 15.2 Å². The maximum absolute atomic E-state index is 10.8. The van der Waals surface area contributed by atoms with Gasteiger partial charge in [0.25, 0.3) is 0 Å². The molecule has 0 aliphatic carbocycles. The van der Waals surface area contributed by atoms with Gasteiger partial charge in [0.05, 0.1) is 6.04 Å². The number of carbonyl (C=O) groups is 1. The average Bonchev–Trinajstić information content (AvgIpc) is 2.57. The zero-order valence-corrected chi connectivity index (χ0v) is 9.00. The summed E-state index contributed by atoms with van der Waals surface area (Å²) in [5, 5.41) is 12.0. The molecule has 1 heterocycles. The van der Waals surface area contributed by atoms with Gasteiger partial charge >= 0.3 is 6.09 Å². The molecule has 15 heavy (non-hydrogen) atoms. The van der Waals surface area contributed by atoms with Gasteiger partial charge in [-0.2, -0.15) is 0 Å². The SMILES string of the molecule is Cc1cc([C@H]2COC(=O)N2)ccc1O.Cl. The van der Waals surface area contributed by atoms with Gasteiger partial charge in [-0.1, -0.05) is 12.1 Å². The standard InChI is InChI=1S/C10H11NO3.ClH/c1-6-4-7(2-3-9(6)12)8-5-14-10(13)11-8;/h2-4,8,12H,5H2,1H3,(H,11,13);1H/t8-;/m1./s1. The third kappa shape index (κ3) is 2.33. The Morgan fingerprint density at radius 2 is 2.27 bits per heavy atom. The highest BCUT2D eigenvalue weighted by Crippen LogP contribution is 2.23. The van der Waals surface area contributed by atoms with Crippen LogP contribution in [-0.2, 0) is 4.74 Å². The van der Waals surface area contributed by atoms with Crippen molar-refractivity contribution in [1.29, 1.82) is 0 Å². The summed E-state index contributed by atoms with van der Waals surface area (Å²) in [5.41, 5.74) is 1.75. The molecular formula is C10H12ClNO3. The fourth-order valence-electron chi connectivity index (χ4n) is 1.46.